The molecule has 0 amide bonds. The van der Waals surface area contributed by atoms with Crippen molar-refractivity contribution in [2.45, 2.75) is 5.75 Å². The summed E-state index contributed by atoms with van der Waals surface area (Å²) in [5.41, 5.74) is 0.531. The van der Waals surface area contributed by atoms with Gasteiger partial charge in [-0.15, -0.1) is 0 Å². The van der Waals surface area contributed by atoms with E-state index in [1.165, 1.54) is 24.3 Å². The van der Waals surface area contributed by atoms with Crippen molar-refractivity contribution in [3.8, 4) is 0 Å². The van der Waals surface area contributed by atoms with Gasteiger partial charge in [-0.2, -0.15) is 0 Å². The van der Waals surface area contributed by atoms with Crippen molar-refractivity contribution < 1.29 is 13.3 Å². The first kappa shape index (κ1) is 14.6. The smallest absolute Gasteiger partial charge is 0.269 e. The molecule has 0 N–H and O–H groups in total. The van der Waals surface area contributed by atoms with Crippen LogP contribution in [0.2, 0.25) is 0 Å². The molecular weight excluding hydrogens is 256 g/mol. The third-order valence-electron chi connectivity index (χ3n) is 2.38. The summed E-state index contributed by atoms with van der Waals surface area (Å²) in [4.78, 5) is 11.7. The number of hydrogen-bond donors (Lipinski definition) is 0. The second-order valence-corrected chi connectivity index (χ2v) is 6.50. The molecule has 18 heavy (non-hydrogen) atoms. The van der Waals surface area contributed by atoms with Crippen LogP contribution in [0, 0.1) is 10.1 Å². The Morgan fingerprint density at radius 3 is 2.22 bits per heavy atom. The Balaban J connectivity index is 2.69. The van der Waals surface area contributed by atoms with Crippen LogP contribution in [0.1, 0.15) is 5.56 Å². The van der Waals surface area contributed by atoms with E-state index in [0.29, 0.717) is 12.1 Å². The van der Waals surface area contributed by atoms with Gasteiger partial charge in [0.15, 0.2) is 9.84 Å². The third kappa shape index (κ3) is 4.80. The molecule has 1 aromatic carbocycles. The first-order valence-corrected chi connectivity index (χ1v) is 7.21. The highest BCUT2D eigenvalue weighted by Crippen LogP contribution is 2.14. The molecule has 7 heteroatoms. The molecule has 0 heterocycles. The summed E-state index contributed by atoms with van der Waals surface area (Å²) in [6, 6.07) is 5.59. The summed E-state index contributed by atoms with van der Waals surface area (Å²) in [5.74, 6) is -0.00415. The maximum Gasteiger partial charge on any atom is 0.269 e. The van der Waals surface area contributed by atoms with Gasteiger partial charge < -0.3 is 4.90 Å². The van der Waals surface area contributed by atoms with E-state index in [2.05, 4.69) is 0 Å². The van der Waals surface area contributed by atoms with E-state index < -0.39 is 14.8 Å². The lowest BCUT2D eigenvalue weighted by molar-refractivity contribution is -0.384. The molecule has 100 valence electrons. The Morgan fingerprint density at radius 2 is 1.78 bits per heavy atom. The molecular formula is C11H16N2O4S. The lowest BCUT2D eigenvalue weighted by Crippen LogP contribution is -2.22. The molecule has 0 spiro atoms. The van der Waals surface area contributed by atoms with Gasteiger partial charge in [-0.05, 0) is 19.7 Å². The Morgan fingerprint density at radius 1 is 1.22 bits per heavy atom. The first-order chi connectivity index (χ1) is 8.30. The molecule has 1 rings (SSSR count). The van der Waals surface area contributed by atoms with Gasteiger partial charge in [-0.3, -0.25) is 10.1 Å². The van der Waals surface area contributed by atoms with Crippen LogP contribution in [0.15, 0.2) is 24.3 Å². The van der Waals surface area contributed by atoms with Crippen molar-refractivity contribution >= 4 is 15.5 Å². The fourth-order valence-electron chi connectivity index (χ4n) is 1.36. The second kappa shape index (κ2) is 5.92. The van der Waals surface area contributed by atoms with Crippen LogP contribution in [-0.2, 0) is 15.6 Å². The van der Waals surface area contributed by atoms with Gasteiger partial charge in [0.25, 0.3) is 5.69 Å². The summed E-state index contributed by atoms with van der Waals surface area (Å²) < 4.78 is 23.5. The van der Waals surface area contributed by atoms with Crippen molar-refractivity contribution in [3.05, 3.63) is 39.9 Å². The van der Waals surface area contributed by atoms with E-state index >= 15 is 0 Å². The highest BCUT2D eigenvalue weighted by molar-refractivity contribution is 7.90. The van der Waals surface area contributed by atoms with E-state index in [0.717, 1.165) is 0 Å². The molecule has 0 atom stereocenters. The average molecular weight is 272 g/mol. The van der Waals surface area contributed by atoms with Crippen molar-refractivity contribution in [2.24, 2.45) is 0 Å². The van der Waals surface area contributed by atoms with E-state index in [1.807, 2.05) is 0 Å². The summed E-state index contributed by atoms with van der Waals surface area (Å²) >= 11 is 0. The van der Waals surface area contributed by atoms with E-state index in [1.54, 1.807) is 19.0 Å². The SMILES string of the molecule is CN(C)CCS(=O)(=O)Cc1ccc([N+](=O)[O-])cc1. The summed E-state index contributed by atoms with van der Waals surface area (Å²) in [5, 5.41) is 10.5. The predicted molar refractivity (Wildman–Crippen MR) is 69.1 cm³/mol. The fraction of sp³-hybridized carbons (Fsp3) is 0.455. The minimum atomic E-state index is -3.17. The second-order valence-electron chi connectivity index (χ2n) is 4.32. The van der Waals surface area contributed by atoms with Gasteiger partial charge in [-0.25, -0.2) is 8.42 Å². The zero-order chi connectivity index (χ0) is 13.8. The average Bonchev–Trinajstić information content (AvgIpc) is 2.27. The van der Waals surface area contributed by atoms with Crippen LogP contribution < -0.4 is 0 Å². The molecule has 0 aliphatic carbocycles. The summed E-state index contributed by atoms with van der Waals surface area (Å²) in [6.07, 6.45) is 0. The number of rotatable bonds is 6. The van der Waals surface area contributed by atoms with Crippen LogP contribution in [0.25, 0.3) is 0 Å². The third-order valence-corrected chi connectivity index (χ3v) is 3.96. The van der Waals surface area contributed by atoms with Crippen LogP contribution in [-0.4, -0.2) is 44.6 Å². The zero-order valence-corrected chi connectivity index (χ0v) is 11.2. The number of non-ortho nitro benzene ring substituents is 1. The molecule has 6 nitrogen and oxygen atoms in total. The monoisotopic (exact) mass is 272 g/mol. The van der Waals surface area contributed by atoms with Crippen LogP contribution >= 0.6 is 0 Å². The quantitative estimate of drug-likeness (QED) is 0.571. The van der Waals surface area contributed by atoms with Gasteiger partial charge >= 0.3 is 0 Å². The number of nitro benzene ring substituents is 1. The van der Waals surface area contributed by atoms with Crippen molar-refractivity contribution in [2.75, 3.05) is 26.4 Å². The number of hydrogen-bond acceptors (Lipinski definition) is 5. The molecule has 1 aromatic rings. The van der Waals surface area contributed by atoms with Gasteiger partial charge in [0.1, 0.15) is 0 Å². The van der Waals surface area contributed by atoms with Gasteiger partial charge in [0.2, 0.25) is 0 Å². The molecule has 0 aromatic heterocycles. The largest absolute Gasteiger partial charge is 0.308 e. The Hall–Kier alpha value is -1.47. The highest BCUT2D eigenvalue weighted by atomic mass is 32.2. The van der Waals surface area contributed by atoms with Crippen molar-refractivity contribution in [1.82, 2.24) is 4.90 Å². The summed E-state index contributed by atoms with van der Waals surface area (Å²) in [6.45, 7) is 0.468. The van der Waals surface area contributed by atoms with Gasteiger partial charge in [0.05, 0.1) is 16.4 Å². The number of nitrogens with zero attached hydrogens (tertiary/aromatic N) is 2. The standard InChI is InChI=1S/C11H16N2O4S/c1-12(2)7-8-18(16,17)9-10-3-5-11(6-4-10)13(14)15/h3-6H,7-9H2,1-2H3. The summed E-state index contributed by atoms with van der Waals surface area (Å²) in [7, 11) is 0.440. The lowest BCUT2D eigenvalue weighted by atomic mass is 10.2. The van der Waals surface area contributed by atoms with E-state index in [4.69, 9.17) is 0 Å². The normalized spacial score (nSPS) is 11.7. The maximum atomic E-state index is 11.8. The van der Waals surface area contributed by atoms with Crippen molar-refractivity contribution in [3.63, 3.8) is 0 Å². The fourth-order valence-corrected chi connectivity index (χ4v) is 2.85. The van der Waals surface area contributed by atoms with E-state index in [-0.39, 0.29) is 17.2 Å². The molecule has 0 aliphatic heterocycles. The predicted octanol–water partition coefficient (Wildman–Crippen LogP) is 1.07. The number of benzene rings is 1. The molecule has 0 bridgehead atoms. The van der Waals surface area contributed by atoms with E-state index in [9.17, 15) is 18.5 Å². The zero-order valence-electron chi connectivity index (χ0n) is 10.4. The molecule has 0 saturated carbocycles. The maximum absolute atomic E-state index is 11.8. The number of sulfone groups is 1. The Labute approximate surface area is 106 Å². The Kier molecular flexibility index (Phi) is 4.80. The topological polar surface area (TPSA) is 80.5 Å². The molecule has 0 unspecified atom stereocenters. The minimum Gasteiger partial charge on any atom is -0.308 e. The minimum absolute atomic E-state index is 0.0376. The van der Waals surface area contributed by atoms with Crippen molar-refractivity contribution in [1.29, 1.82) is 0 Å². The molecule has 0 saturated heterocycles. The molecule has 0 fully saturated rings. The van der Waals surface area contributed by atoms with Crippen LogP contribution in [0.4, 0.5) is 5.69 Å². The highest BCUT2D eigenvalue weighted by Gasteiger charge is 2.13. The lowest BCUT2D eigenvalue weighted by Gasteiger charge is -2.09. The van der Waals surface area contributed by atoms with Crippen LogP contribution in [0.3, 0.4) is 0 Å². The van der Waals surface area contributed by atoms with Gasteiger partial charge in [0, 0.05) is 18.7 Å². The first-order valence-electron chi connectivity index (χ1n) is 5.39. The number of nitro groups is 1. The molecule has 0 radical (unpaired) electrons. The molecule has 0 aliphatic rings. The Bertz CT molecular complexity index is 508. The van der Waals surface area contributed by atoms with Gasteiger partial charge in [-0.1, -0.05) is 12.1 Å². The van der Waals surface area contributed by atoms with Crippen LogP contribution in [0.5, 0.6) is 0 Å².